The lowest BCUT2D eigenvalue weighted by atomic mass is 10.2. The zero-order valence-corrected chi connectivity index (χ0v) is 17.1. The Balaban J connectivity index is 1.52. The van der Waals surface area contributed by atoms with Crippen LogP contribution in [0.3, 0.4) is 0 Å². The van der Waals surface area contributed by atoms with E-state index in [2.05, 4.69) is 9.97 Å². The number of ether oxygens (including phenoxy) is 3. The summed E-state index contributed by atoms with van der Waals surface area (Å²) in [6.07, 6.45) is 1.57. The van der Waals surface area contributed by atoms with Gasteiger partial charge in [-0.2, -0.15) is 0 Å². The normalized spacial score (nSPS) is 10.8. The molecule has 0 spiro atoms. The molecule has 0 aliphatic rings. The van der Waals surface area contributed by atoms with Crippen molar-refractivity contribution in [3.63, 3.8) is 0 Å². The molecule has 30 heavy (non-hydrogen) atoms. The van der Waals surface area contributed by atoms with Crippen LogP contribution >= 0.6 is 11.6 Å². The van der Waals surface area contributed by atoms with Crippen LogP contribution in [0.2, 0.25) is 5.15 Å². The highest BCUT2D eigenvalue weighted by molar-refractivity contribution is 6.29. The molecule has 0 radical (unpaired) electrons. The number of methoxy groups -OCH3 is 1. The number of esters is 1. The Morgan fingerprint density at radius 3 is 2.67 bits per heavy atom. The number of fused-ring (bicyclic) bond motifs is 1. The molecule has 2 aromatic heterocycles. The summed E-state index contributed by atoms with van der Waals surface area (Å²) in [6, 6.07) is 15.9. The van der Waals surface area contributed by atoms with E-state index in [1.165, 1.54) is 7.11 Å². The maximum atomic E-state index is 11.7. The van der Waals surface area contributed by atoms with E-state index in [0.717, 1.165) is 16.9 Å². The number of pyridine rings is 1. The third-order valence-corrected chi connectivity index (χ3v) is 4.73. The number of halogens is 1. The molecule has 2 heterocycles. The van der Waals surface area contributed by atoms with Gasteiger partial charge in [-0.05, 0) is 42.5 Å². The summed E-state index contributed by atoms with van der Waals surface area (Å²) in [4.78, 5) is 20.3. The lowest BCUT2D eigenvalue weighted by molar-refractivity contribution is 0.0600. The first-order valence-electron chi connectivity index (χ1n) is 9.09. The number of imidazole rings is 1. The summed E-state index contributed by atoms with van der Waals surface area (Å²) in [6.45, 7) is 0.243. The average Bonchev–Trinajstić information content (AvgIpc) is 3.08. The molecule has 0 aliphatic carbocycles. The summed E-state index contributed by atoms with van der Waals surface area (Å²) in [5.41, 5.74) is 2.15. The second kappa shape index (κ2) is 8.42. The summed E-state index contributed by atoms with van der Waals surface area (Å²) in [5.74, 6) is 2.14. The fraction of sp³-hybridized carbons (Fsp3) is 0.136. The number of aromatic nitrogens is 3. The molecule has 152 valence electrons. The topological polar surface area (TPSA) is 75.5 Å². The van der Waals surface area contributed by atoms with E-state index in [4.69, 9.17) is 25.8 Å². The fourth-order valence-corrected chi connectivity index (χ4v) is 3.06. The molecule has 0 fully saturated rings. The van der Waals surface area contributed by atoms with E-state index in [-0.39, 0.29) is 6.61 Å². The molecule has 0 unspecified atom stereocenters. The predicted molar refractivity (Wildman–Crippen MR) is 112 cm³/mol. The summed E-state index contributed by atoms with van der Waals surface area (Å²) in [5, 5.41) is 0.409. The number of benzene rings is 2. The van der Waals surface area contributed by atoms with Crippen LogP contribution in [0.15, 0.2) is 60.8 Å². The van der Waals surface area contributed by atoms with E-state index < -0.39 is 5.97 Å². The molecule has 8 heteroatoms. The molecule has 0 N–H and O–H groups in total. The Morgan fingerprint density at radius 1 is 1.07 bits per heavy atom. The molecule has 0 atom stereocenters. The van der Waals surface area contributed by atoms with Crippen LogP contribution in [0.25, 0.3) is 11.0 Å². The molecule has 7 nitrogen and oxygen atoms in total. The van der Waals surface area contributed by atoms with Crippen molar-refractivity contribution >= 4 is 28.6 Å². The summed E-state index contributed by atoms with van der Waals surface area (Å²) >= 11 is 5.81. The smallest absolute Gasteiger partial charge is 0.337 e. The van der Waals surface area contributed by atoms with Crippen LogP contribution in [0, 0.1) is 0 Å². The zero-order chi connectivity index (χ0) is 21.1. The quantitative estimate of drug-likeness (QED) is 0.328. The van der Waals surface area contributed by atoms with E-state index >= 15 is 0 Å². The minimum Gasteiger partial charge on any atom is -0.486 e. The molecule has 0 saturated carbocycles. The van der Waals surface area contributed by atoms with Gasteiger partial charge >= 0.3 is 5.97 Å². The standard InChI is InChI=1S/C22H18ClN3O4/c1-26-19-11-16(30-17-7-9-20(23)24-12-17)6-8-18(19)25-21(26)13-29-15-5-3-4-14(10-15)22(27)28-2/h3-12H,13H2,1-2H3. The molecule has 0 amide bonds. The van der Waals surface area contributed by atoms with Crippen LogP contribution in [0.1, 0.15) is 16.2 Å². The van der Waals surface area contributed by atoms with Crippen LogP contribution in [0.5, 0.6) is 17.2 Å². The Morgan fingerprint density at radius 2 is 1.90 bits per heavy atom. The predicted octanol–water partition coefficient (Wildman–Crippen LogP) is 4.78. The van der Waals surface area contributed by atoms with Crippen molar-refractivity contribution in [1.29, 1.82) is 0 Å². The van der Waals surface area contributed by atoms with Gasteiger partial charge in [-0.3, -0.25) is 0 Å². The lowest BCUT2D eigenvalue weighted by Crippen LogP contribution is -2.05. The van der Waals surface area contributed by atoms with Crippen LogP contribution in [0.4, 0.5) is 0 Å². The van der Waals surface area contributed by atoms with Gasteiger partial charge in [-0.25, -0.2) is 14.8 Å². The first-order valence-corrected chi connectivity index (χ1v) is 9.47. The van der Waals surface area contributed by atoms with Gasteiger partial charge in [0.1, 0.15) is 34.8 Å². The second-order valence-electron chi connectivity index (χ2n) is 6.46. The van der Waals surface area contributed by atoms with E-state index in [0.29, 0.717) is 28.0 Å². The zero-order valence-electron chi connectivity index (χ0n) is 16.3. The Bertz CT molecular complexity index is 1200. The molecule has 0 bridgehead atoms. The van der Waals surface area contributed by atoms with E-state index in [9.17, 15) is 4.79 Å². The first-order chi connectivity index (χ1) is 14.5. The SMILES string of the molecule is COC(=O)c1cccc(OCc2nc3ccc(Oc4ccc(Cl)nc4)cc3n2C)c1. The van der Waals surface area contributed by atoms with Crippen molar-refractivity contribution in [2.24, 2.45) is 7.05 Å². The lowest BCUT2D eigenvalue weighted by Gasteiger charge is -2.08. The summed E-state index contributed by atoms with van der Waals surface area (Å²) in [7, 11) is 3.25. The Hall–Kier alpha value is -3.58. The largest absolute Gasteiger partial charge is 0.486 e. The molecule has 4 rings (SSSR count). The monoisotopic (exact) mass is 423 g/mol. The number of rotatable bonds is 6. The number of hydrogen-bond acceptors (Lipinski definition) is 6. The van der Waals surface area contributed by atoms with Crippen molar-refractivity contribution in [2.45, 2.75) is 6.61 Å². The summed E-state index contributed by atoms with van der Waals surface area (Å²) < 4.78 is 18.4. The molecule has 2 aromatic carbocycles. The number of nitrogens with zero attached hydrogens (tertiary/aromatic N) is 3. The van der Waals surface area contributed by atoms with Crippen molar-refractivity contribution in [2.75, 3.05) is 7.11 Å². The van der Waals surface area contributed by atoms with Crippen LogP contribution in [-0.4, -0.2) is 27.6 Å². The Kier molecular flexibility index (Phi) is 5.54. The Labute approximate surface area is 177 Å². The van der Waals surface area contributed by atoms with Crippen molar-refractivity contribution in [3.05, 3.63) is 77.3 Å². The first kappa shape index (κ1) is 19.7. The van der Waals surface area contributed by atoms with E-state index in [1.807, 2.05) is 29.8 Å². The van der Waals surface area contributed by atoms with Crippen LogP contribution < -0.4 is 9.47 Å². The highest BCUT2D eigenvalue weighted by Crippen LogP contribution is 2.26. The third-order valence-electron chi connectivity index (χ3n) is 4.50. The van der Waals surface area contributed by atoms with Gasteiger partial charge < -0.3 is 18.8 Å². The highest BCUT2D eigenvalue weighted by atomic mass is 35.5. The van der Waals surface area contributed by atoms with Gasteiger partial charge in [-0.1, -0.05) is 17.7 Å². The number of carbonyl (C=O) groups is 1. The van der Waals surface area contributed by atoms with E-state index in [1.54, 1.807) is 42.6 Å². The molecule has 4 aromatic rings. The second-order valence-corrected chi connectivity index (χ2v) is 6.85. The van der Waals surface area contributed by atoms with Gasteiger partial charge in [0.05, 0.1) is 29.9 Å². The van der Waals surface area contributed by atoms with Crippen LogP contribution in [-0.2, 0) is 18.4 Å². The fourth-order valence-electron chi connectivity index (χ4n) is 2.95. The number of hydrogen-bond donors (Lipinski definition) is 0. The minimum absolute atomic E-state index is 0.243. The molecule has 0 aliphatic heterocycles. The maximum Gasteiger partial charge on any atom is 0.337 e. The van der Waals surface area contributed by atoms with Gasteiger partial charge in [0.2, 0.25) is 0 Å². The highest BCUT2D eigenvalue weighted by Gasteiger charge is 2.11. The van der Waals surface area contributed by atoms with Crippen molar-refractivity contribution in [1.82, 2.24) is 14.5 Å². The van der Waals surface area contributed by atoms with Crippen molar-refractivity contribution in [3.8, 4) is 17.2 Å². The van der Waals surface area contributed by atoms with Gasteiger partial charge in [0.15, 0.2) is 0 Å². The van der Waals surface area contributed by atoms with Crippen molar-refractivity contribution < 1.29 is 19.0 Å². The number of aryl methyl sites for hydroxylation is 1. The minimum atomic E-state index is -0.411. The maximum absolute atomic E-state index is 11.7. The molecule has 0 saturated heterocycles. The van der Waals surface area contributed by atoms with Gasteiger partial charge in [-0.15, -0.1) is 0 Å². The average molecular weight is 424 g/mol. The van der Waals surface area contributed by atoms with Gasteiger partial charge in [0.25, 0.3) is 0 Å². The third kappa shape index (κ3) is 4.21. The molecular formula is C22H18ClN3O4. The molecular weight excluding hydrogens is 406 g/mol. The number of carbonyl (C=O) groups excluding carboxylic acids is 1. The van der Waals surface area contributed by atoms with Gasteiger partial charge in [0, 0.05) is 13.1 Å².